The Hall–Kier alpha value is -3.65. The highest BCUT2D eigenvalue weighted by Crippen LogP contribution is 2.23. The molecule has 0 radical (unpaired) electrons. The quantitative estimate of drug-likeness (QED) is 0.597. The van der Waals surface area contributed by atoms with Crippen LogP contribution in [-0.4, -0.2) is 54.0 Å². The van der Waals surface area contributed by atoms with Gasteiger partial charge in [0.1, 0.15) is 12.4 Å². The van der Waals surface area contributed by atoms with E-state index in [0.29, 0.717) is 30.0 Å². The summed E-state index contributed by atoms with van der Waals surface area (Å²) >= 11 is 0. The number of benzene rings is 2. The molecule has 1 fully saturated rings. The summed E-state index contributed by atoms with van der Waals surface area (Å²) < 4.78 is 5.12. The Morgan fingerprint density at radius 2 is 1.69 bits per heavy atom. The van der Waals surface area contributed by atoms with Gasteiger partial charge < -0.3 is 20.1 Å². The number of nitrogens with zero attached hydrogens (tertiary/aromatic N) is 2. The maximum atomic E-state index is 12.3. The van der Waals surface area contributed by atoms with Crippen LogP contribution in [0, 0.1) is 0 Å². The lowest BCUT2D eigenvalue weighted by atomic mass is 10.1. The van der Waals surface area contributed by atoms with Crippen LogP contribution in [0.15, 0.2) is 60.5 Å². The molecule has 2 aliphatic rings. The molecule has 0 saturated carbocycles. The highest BCUT2D eigenvalue weighted by molar-refractivity contribution is 6.21. The molecule has 4 rings (SSSR count). The number of fused-ring (bicyclic) bond motifs is 1. The van der Waals surface area contributed by atoms with E-state index in [2.05, 4.69) is 5.32 Å². The van der Waals surface area contributed by atoms with Gasteiger partial charge in [-0.05, 0) is 36.4 Å². The maximum absolute atomic E-state index is 12.3. The molecule has 0 aromatic heterocycles. The molecule has 0 spiro atoms. The monoisotopic (exact) mass is 393 g/mol. The summed E-state index contributed by atoms with van der Waals surface area (Å²) in [6.45, 7) is 0.862. The predicted molar refractivity (Wildman–Crippen MR) is 106 cm³/mol. The highest BCUT2D eigenvalue weighted by Gasteiger charge is 2.35. The van der Waals surface area contributed by atoms with Gasteiger partial charge in [-0.3, -0.25) is 19.3 Å². The van der Waals surface area contributed by atoms with Crippen LogP contribution in [0.3, 0.4) is 0 Å². The van der Waals surface area contributed by atoms with Gasteiger partial charge in [0.05, 0.1) is 24.3 Å². The van der Waals surface area contributed by atoms with Gasteiger partial charge >= 0.3 is 0 Å². The van der Waals surface area contributed by atoms with E-state index in [1.165, 1.54) is 6.20 Å². The molecule has 0 bridgehead atoms. The Kier molecular flexibility index (Phi) is 5.01. The number of rotatable bonds is 5. The van der Waals surface area contributed by atoms with Gasteiger partial charge in [0.15, 0.2) is 0 Å². The molecule has 1 saturated heterocycles. The lowest BCUT2D eigenvalue weighted by molar-refractivity contribution is -0.125. The van der Waals surface area contributed by atoms with E-state index in [0.717, 1.165) is 10.6 Å². The number of amides is 3. The molecular formula is C21H19N3O5. The topological polar surface area (TPSA) is 99.2 Å². The molecule has 2 heterocycles. The summed E-state index contributed by atoms with van der Waals surface area (Å²) in [5.41, 5.74) is 2.13. The average Bonchev–Trinajstić information content (AvgIpc) is 2.98. The number of carbonyl (C=O) groups is 3. The molecule has 8 heteroatoms. The van der Waals surface area contributed by atoms with Crippen molar-refractivity contribution in [3.63, 3.8) is 0 Å². The number of hydrogen-bond acceptors (Lipinski definition) is 6. The van der Waals surface area contributed by atoms with Gasteiger partial charge in [0.2, 0.25) is 0 Å². The zero-order valence-electron chi connectivity index (χ0n) is 15.5. The molecular weight excluding hydrogens is 374 g/mol. The first kappa shape index (κ1) is 18.7. The Bertz CT molecular complexity index is 965. The third-order valence-corrected chi connectivity index (χ3v) is 4.77. The fraction of sp³-hybridized carbons (Fsp3) is 0.190. The van der Waals surface area contributed by atoms with Gasteiger partial charge in [-0.1, -0.05) is 12.1 Å². The Morgan fingerprint density at radius 3 is 2.31 bits per heavy atom. The molecule has 3 amide bonds. The van der Waals surface area contributed by atoms with Crippen LogP contribution in [-0.2, 0) is 9.53 Å². The summed E-state index contributed by atoms with van der Waals surface area (Å²) in [4.78, 5) is 39.2. The number of carbonyl (C=O) groups excluding carboxylic acids is 3. The van der Waals surface area contributed by atoms with Gasteiger partial charge in [0, 0.05) is 24.1 Å². The van der Waals surface area contributed by atoms with Crippen LogP contribution in [0.5, 0.6) is 0 Å². The number of aliphatic hydroxyl groups is 1. The minimum atomic E-state index is -0.426. The Morgan fingerprint density at radius 1 is 1.03 bits per heavy atom. The Labute approximate surface area is 167 Å². The highest BCUT2D eigenvalue weighted by atomic mass is 16.5. The van der Waals surface area contributed by atoms with E-state index in [1.54, 1.807) is 53.4 Å². The number of morpholine rings is 1. The molecule has 2 aliphatic heterocycles. The number of ether oxygens (including phenoxy) is 1. The van der Waals surface area contributed by atoms with Gasteiger partial charge in [-0.25, -0.2) is 0 Å². The normalized spacial score (nSPS) is 17.0. The molecule has 148 valence electrons. The molecule has 0 aliphatic carbocycles. The number of imide groups is 1. The van der Waals surface area contributed by atoms with Gasteiger partial charge in [0.25, 0.3) is 17.7 Å². The standard InChI is InChI=1S/C21H19N3O5/c25-16(12-24-20(27)17-3-1-2-4-18(17)21(24)28)11-22-14-5-7-15(8-6-14)23-9-10-29-13-19(23)26/h1-8,11,22,25H,9-10,12-13H2/b16-11-. The molecule has 29 heavy (non-hydrogen) atoms. The fourth-order valence-electron chi connectivity index (χ4n) is 3.29. The largest absolute Gasteiger partial charge is 0.509 e. The zero-order chi connectivity index (χ0) is 20.4. The summed E-state index contributed by atoms with van der Waals surface area (Å²) in [7, 11) is 0. The number of hydrogen-bond donors (Lipinski definition) is 2. The van der Waals surface area contributed by atoms with Crippen molar-refractivity contribution in [2.45, 2.75) is 0 Å². The van der Waals surface area contributed by atoms with E-state index in [1.807, 2.05) is 0 Å². The van der Waals surface area contributed by atoms with Crippen molar-refractivity contribution in [2.24, 2.45) is 0 Å². The van der Waals surface area contributed by atoms with E-state index >= 15 is 0 Å². The molecule has 0 unspecified atom stereocenters. The van der Waals surface area contributed by atoms with Crippen LogP contribution >= 0.6 is 0 Å². The summed E-state index contributed by atoms with van der Waals surface area (Å²) in [6, 6.07) is 13.7. The molecule has 8 nitrogen and oxygen atoms in total. The van der Waals surface area contributed by atoms with Crippen molar-refractivity contribution in [1.82, 2.24) is 4.90 Å². The van der Waals surface area contributed by atoms with Crippen LogP contribution in [0.25, 0.3) is 0 Å². The summed E-state index contributed by atoms with van der Waals surface area (Å²) in [6.07, 6.45) is 1.33. The summed E-state index contributed by atoms with van der Waals surface area (Å²) in [5, 5.41) is 13.1. The fourth-order valence-corrected chi connectivity index (χ4v) is 3.29. The van der Waals surface area contributed by atoms with Crippen LogP contribution < -0.4 is 10.2 Å². The van der Waals surface area contributed by atoms with Crippen LogP contribution in [0.1, 0.15) is 20.7 Å². The van der Waals surface area contributed by atoms with Crippen molar-refractivity contribution >= 4 is 29.1 Å². The summed E-state index contributed by atoms with van der Waals surface area (Å²) in [5.74, 6) is -1.10. The maximum Gasteiger partial charge on any atom is 0.261 e. The van der Waals surface area contributed by atoms with Crippen molar-refractivity contribution in [3.05, 3.63) is 71.6 Å². The van der Waals surface area contributed by atoms with Gasteiger partial charge in [-0.15, -0.1) is 0 Å². The van der Waals surface area contributed by atoms with Crippen molar-refractivity contribution < 1.29 is 24.2 Å². The third kappa shape index (κ3) is 3.70. The zero-order valence-corrected chi connectivity index (χ0v) is 15.5. The molecule has 2 aromatic rings. The lowest BCUT2D eigenvalue weighted by Gasteiger charge is -2.26. The first-order valence-electron chi connectivity index (χ1n) is 9.12. The minimum absolute atomic E-state index is 0.0778. The number of aliphatic hydroxyl groups excluding tert-OH is 1. The van der Waals surface area contributed by atoms with Crippen LogP contribution in [0.2, 0.25) is 0 Å². The van der Waals surface area contributed by atoms with Crippen molar-refractivity contribution in [1.29, 1.82) is 0 Å². The van der Waals surface area contributed by atoms with E-state index < -0.39 is 11.8 Å². The second-order valence-corrected chi connectivity index (χ2v) is 6.67. The van der Waals surface area contributed by atoms with E-state index in [4.69, 9.17) is 4.74 Å². The lowest BCUT2D eigenvalue weighted by Crippen LogP contribution is -2.41. The first-order chi connectivity index (χ1) is 14.0. The van der Waals surface area contributed by atoms with Crippen molar-refractivity contribution in [2.75, 3.05) is 36.5 Å². The van der Waals surface area contributed by atoms with Crippen molar-refractivity contribution in [3.8, 4) is 0 Å². The molecule has 2 aromatic carbocycles. The Balaban J connectivity index is 1.39. The van der Waals surface area contributed by atoms with E-state index in [-0.39, 0.29) is 24.8 Å². The predicted octanol–water partition coefficient (Wildman–Crippen LogP) is 2.16. The SMILES string of the molecule is O=C1c2ccccc2C(=O)N1C/C(O)=C/Nc1ccc(N2CCOCC2=O)cc1. The minimum Gasteiger partial charge on any atom is -0.509 e. The number of anilines is 2. The third-order valence-electron chi connectivity index (χ3n) is 4.77. The average molecular weight is 393 g/mol. The number of nitrogens with one attached hydrogen (secondary N) is 1. The van der Waals surface area contributed by atoms with Gasteiger partial charge in [-0.2, -0.15) is 0 Å². The van der Waals surface area contributed by atoms with E-state index in [9.17, 15) is 19.5 Å². The smallest absolute Gasteiger partial charge is 0.261 e. The second kappa shape index (κ2) is 7.76. The first-order valence-corrected chi connectivity index (χ1v) is 9.12. The second-order valence-electron chi connectivity index (χ2n) is 6.67. The molecule has 2 N–H and O–H groups in total. The molecule has 0 atom stereocenters. The van der Waals surface area contributed by atoms with Crippen LogP contribution in [0.4, 0.5) is 11.4 Å².